The number of carbonyl (C=O) groups excluding carboxylic acids is 1. The summed E-state index contributed by atoms with van der Waals surface area (Å²) in [6.07, 6.45) is 0. The first-order chi connectivity index (χ1) is 9.38. The number of nitrogens with one attached hydrogen (secondary N) is 1. The van der Waals surface area contributed by atoms with Gasteiger partial charge in [-0.05, 0) is 74.7 Å². The Hall–Kier alpha value is -0.850. The predicted octanol–water partition coefficient (Wildman–Crippen LogP) is 5.12. The van der Waals surface area contributed by atoms with Crippen LogP contribution in [0.4, 0.5) is 11.4 Å². The van der Waals surface area contributed by atoms with Gasteiger partial charge in [0.25, 0.3) is 5.91 Å². The molecule has 3 N–H and O–H groups in total. The lowest BCUT2D eigenvalue weighted by atomic mass is 10.1. The van der Waals surface area contributed by atoms with Crippen LogP contribution in [0, 0.1) is 6.92 Å². The van der Waals surface area contributed by atoms with E-state index in [2.05, 4.69) is 53.1 Å². The van der Waals surface area contributed by atoms with Gasteiger partial charge >= 0.3 is 0 Å². The van der Waals surface area contributed by atoms with Gasteiger partial charge in [-0.25, -0.2) is 0 Å². The highest BCUT2D eigenvalue weighted by Crippen LogP contribution is 2.34. The van der Waals surface area contributed by atoms with Crippen LogP contribution in [-0.2, 0) is 0 Å². The average Bonchev–Trinajstić information content (AvgIpc) is 2.33. The molecular formula is C14H11Br3N2O. The summed E-state index contributed by atoms with van der Waals surface area (Å²) >= 11 is 10.2. The van der Waals surface area contributed by atoms with Crippen LogP contribution in [0.25, 0.3) is 0 Å². The van der Waals surface area contributed by atoms with E-state index in [1.165, 1.54) is 0 Å². The molecule has 3 nitrogen and oxygen atoms in total. The van der Waals surface area contributed by atoms with E-state index in [9.17, 15) is 4.79 Å². The second-order valence-corrected chi connectivity index (χ2v) is 6.90. The van der Waals surface area contributed by atoms with Crippen LogP contribution >= 0.6 is 47.8 Å². The Labute approximate surface area is 142 Å². The van der Waals surface area contributed by atoms with Gasteiger partial charge in [-0.3, -0.25) is 4.79 Å². The minimum absolute atomic E-state index is 0.166. The van der Waals surface area contributed by atoms with Gasteiger partial charge in [0, 0.05) is 24.7 Å². The van der Waals surface area contributed by atoms with Gasteiger partial charge in [0.15, 0.2) is 0 Å². The fraction of sp³-hybridized carbons (Fsp3) is 0.0714. The molecule has 104 valence electrons. The van der Waals surface area contributed by atoms with Crippen molar-refractivity contribution in [1.82, 2.24) is 0 Å². The standard InChI is InChI=1S/C14H11Br3N2O/c1-7-4-8(15)2-3-10(7)14(20)19-13-11(16)5-9(18)6-12(13)17/h2-6H,18H2,1H3,(H,19,20). The summed E-state index contributed by atoms with van der Waals surface area (Å²) in [5.41, 5.74) is 8.54. The highest BCUT2D eigenvalue weighted by molar-refractivity contribution is 9.11. The molecule has 0 aliphatic rings. The van der Waals surface area contributed by atoms with E-state index < -0.39 is 0 Å². The van der Waals surface area contributed by atoms with E-state index in [-0.39, 0.29) is 5.91 Å². The molecule has 0 radical (unpaired) electrons. The number of halogens is 3. The first kappa shape index (κ1) is 15.5. The molecule has 0 unspecified atom stereocenters. The largest absolute Gasteiger partial charge is 0.399 e. The molecular weight excluding hydrogens is 452 g/mol. The summed E-state index contributed by atoms with van der Waals surface area (Å²) in [7, 11) is 0. The van der Waals surface area contributed by atoms with E-state index in [1.807, 2.05) is 19.1 Å². The summed E-state index contributed by atoms with van der Waals surface area (Å²) in [6, 6.07) is 9.02. The van der Waals surface area contributed by atoms with Gasteiger partial charge in [0.05, 0.1) is 5.69 Å². The molecule has 0 fully saturated rings. The van der Waals surface area contributed by atoms with Crippen molar-refractivity contribution in [3.63, 3.8) is 0 Å². The zero-order chi connectivity index (χ0) is 14.9. The maximum Gasteiger partial charge on any atom is 0.255 e. The van der Waals surface area contributed by atoms with E-state index in [1.54, 1.807) is 18.2 Å². The predicted molar refractivity (Wildman–Crippen MR) is 93.1 cm³/mol. The Balaban J connectivity index is 2.33. The Morgan fingerprint density at radius 2 is 1.70 bits per heavy atom. The van der Waals surface area contributed by atoms with E-state index in [0.29, 0.717) is 16.9 Å². The van der Waals surface area contributed by atoms with E-state index >= 15 is 0 Å². The van der Waals surface area contributed by atoms with E-state index in [0.717, 1.165) is 19.0 Å². The lowest BCUT2D eigenvalue weighted by Crippen LogP contribution is -2.14. The molecule has 20 heavy (non-hydrogen) atoms. The summed E-state index contributed by atoms with van der Waals surface area (Å²) in [5, 5.41) is 2.88. The number of aryl methyl sites for hydroxylation is 1. The van der Waals surface area contributed by atoms with Crippen LogP contribution in [-0.4, -0.2) is 5.91 Å². The number of hydrogen-bond donors (Lipinski definition) is 2. The first-order valence-electron chi connectivity index (χ1n) is 5.70. The lowest BCUT2D eigenvalue weighted by Gasteiger charge is -2.12. The van der Waals surface area contributed by atoms with Crippen LogP contribution in [0.1, 0.15) is 15.9 Å². The molecule has 0 heterocycles. The topological polar surface area (TPSA) is 55.1 Å². The maximum atomic E-state index is 12.3. The summed E-state index contributed by atoms with van der Waals surface area (Å²) in [5.74, 6) is -0.166. The monoisotopic (exact) mass is 460 g/mol. The van der Waals surface area contributed by atoms with Gasteiger partial charge in [-0.2, -0.15) is 0 Å². The second-order valence-electron chi connectivity index (χ2n) is 4.27. The van der Waals surface area contributed by atoms with Crippen molar-refractivity contribution >= 4 is 65.1 Å². The quantitative estimate of drug-likeness (QED) is 0.609. The zero-order valence-corrected chi connectivity index (χ0v) is 15.3. The molecule has 0 saturated heterocycles. The molecule has 0 spiro atoms. The second kappa shape index (κ2) is 6.28. The van der Waals surface area contributed by atoms with Gasteiger partial charge in [-0.15, -0.1) is 0 Å². The molecule has 6 heteroatoms. The molecule has 0 aliphatic carbocycles. The highest BCUT2D eigenvalue weighted by Gasteiger charge is 2.13. The molecule has 2 aromatic carbocycles. The molecule has 0 aliphatic heterocycles. The van der Waals surface area contributed by atoms with Gasteiger partial charge in [0.1, 0.15) is 0 Å². The van der Waals surface area contributed by atoms with Crippen LogP contribution in [0.2, 0.25) is 0 Å². The number of amides is 1. The van der Waals surface area contributed by atoms with Crippen molar-refractivity contribution < 1.29 is 4.79 Å². The minimum atomic E-state index is -0.166. The molecule has 0 atom stereocenters. The number of rotatable bonds is 2. The van der Waals surface area contributed by atoms with Crippen molar-refractivity contribution in [3.05, 3.63) is 54.9 Å². The van der Waals surface area contributed by atoms with Gasteiger partial charge in [-0.1, -0.05) is 15.9 Å². The number of nitrogen functional groups attached to an aromatic ring is 1. The number of anilines is 2. The van der Waals surface area contributed by atoms with Crippen molar-refractivity contribution in [2.75, 3.05) is 11.1 Å². The van der Waals surface area contributed by atoms with Gasteiger partial charge in [0.2, 0.25) is 0 Å². The van der Waals surface area contributed by atoms with Gasteiger partial charge < -0.3 is 11.1 Å². The molecule has 1 amide bonds. The number of nitrogens with two attached hydrogens (primary N) is 1. The fourth-order valence-corrected chi connectivity index (χ4v) is 3.67. The third-order valence-electron chi connectivity index (χ3n) is 2.74. The number of benzene rings is 2. The molecule has 0 aromatic heterocycles. The Bertz CT molecular complexity index is 663. The van der Waals surface area contributed by atoms with Crippen molar-refractivity contribution in [1.29, 1.82) is 0 Å². The third kappa shape index (κ3) is 3.42. The van der Waals surface area contributed by atoms with Crippen molar-refractivity contribution in [2.45, 2.75) is 6.92 Å². The SMILES string of the molecule is Cc1cc(Br)ccc1C(=O)Nc1c(Br)cc(N)cc1Br. The van der Waals surface area contributed by atoms with Crippen LogP contribution in [0.3, 0.4) is 0 Å². The maximum absolute atomic E-state index is 12.3. The third-order valence-corrected chi connectivity index (χ3v) is 4.48. The van der Waals surface area contributed by atoms with Crippen LogP contribution in [0.15, 0.2) is 43.7 Å². The number of hydrogen-bond acceptors (Lipinski definition) is 2. The average molecular weight is 463 g/mol. The summed E-state index contributed by atoms with van der Waals surface area (Å²) in [4.78, 5) is 12.3. The van der Waals surface area contributed by atoms with E-state index in [4.69, 9.17) is 5.73 Å². The van der Waals surface area contributed by atoms with Crippen LogP contribution < -0.4 is 11.1 Å². The smallest absolute Gasteiger partial charge is 0.255 e. The van der Waals surface area contributed by atoms with Crippen molar-refractivity contribution in [2.24, 2.45) is 0 Å². The molecule has 2 rings (SSSR count). The zero-order valence-electron chi connectivity index (χ0n) is 10.5. The van der Waals surface area contributed by atoms with Crippen molar-refractivity contribution in [3.8, 4) is 0 Å². The Morgan fingerprint density at radius 3 is 2.25 bits per heavy atom. The fourth-order valence-electron chi connectivity index (χ4n) is 1.77. The first-order valence-corrected chi connectivity index (χ1v) is 8.08. The lowest BCUT2D eigenvalue weighted by molar-refractivity contribution is 0.102. The normalized spacial score (nSPS) is 10.4. The Kier molecular flexibility index (Phi) is 4.88. The molecule has 0 saturated carbocycles. The van der Waals surface area contributed by atoms with Crippen LogP contribution in [0.5, 0.6) is 0 Å². The number of carbonyl (C=O) groups is 1. The summed E-state index contributed by atoms with van der Waals surface area (Å²) in [6.45, 7) is 1.90. The molecule has 2 aromatic rings. The molecule has 0 bridgehead atoms. The Morgan fingerprint density at radius 1 is 1.10 bits per heavy atom. The minimum Gasteiger partial charge on any atom is -0.399 e. The summed E-state index contributed by atoms with van der Waals surface area (Å²) < 4.78 is 2.40. The highest BCUT2D eigenvalue weighted by atomic mass is 79.9.